The maximum absolute atomic E-state index is 6.46. The maximum atomic E-state index is 6.46. The predicted molar refractivity (Wildman–Crippen MR) is 237 cm³/mol. The second-order valence-corrected chi connectivity index (χ2v) is 14.5. The number of benzene rings is 10. The standard InChI is InChI=1S/C54H35NO/c1-3-17-44-36(12-1)14-10-21-45(44)38-27-29-39(30-28-38)47-19-5-7-22-50(47)55(51-23-11-25-53-54(51)48-20-6-8-24-52(48)56-53)43-16-9-15-41(34-43)42-33-32-40-31-26-37-13-2-4-18-46(37)49(40)35-42/h1-35H. The van der Waals surface area contributed by atoms with Crippen LogP contribution in [-0.4, -0.2) is 0 Å². The molecule has 0 aliphatic heterocycles. The monoisotopic (exact) mass is 713 g/mol. The van der Waals surface area contributed by atoms with Gasteiger partial charge in [-0.1, -0.05) is 170 Å². The van der Waals surface area contributed by atoms with Gasteiger partial charge in [0.25, 0.3) is 0 Å². The number of hydrogen-bond donors (Lipinski definition) is 0. The minimum Gasteiger partial charge on any atom is -0.456 e. The average molecular weight is 714 g/mol. The molecule has 2 nitrogen and oxygen atoms in total. The van der Waals surface area contributed by atoms with Crippen LogP contribution < -0.4 is 4.90 Å². The second kappa shape index (κ2) is 13.2. The fourth-order valence-electron chi connectivity index (χ4n) is 8.58. The summed E-state index contributed by atoms with van der Waals surface area (Å²) in [4.78, 5) is 2.41. The van der Waals surface area contributed by atoms with Crippen molar-refractivity contribution in [3.63, 3.8) is 0 Å². The van der Waals surface area contributed by atoms with Crippen LogP contribution in [0.5, 0.6) is 0 Å². The van der Waals surface area contributed by atoms with Crippen molar-refractivity contribution in [2.45, 2.75) is 0 Å². The Balaban J connectivity index is 1.10. The highest BCUT2D eigenvalue weighted by atomic mass is 16.3. The molecule has 0 fully saturated rings. The molecule has 0 atom stereocenters. The molecule has 0 radical (unpaired) electrons. The summed E-state index contributed by atoms with van der Waals surface area (Å²) in [5.41, 5.74) is 12.0. The molecule has 0 aliphatic rings. The summed E-state index contributed by atoms with van der Waals surface area (Å²) in [5, 5.41) is 9.70. The van der Waals surface area contributed by atoms with Gasteiger partial charge in [-0.15, -0.1) is 0 Å². The number of hydrogen-bond acceptors (Lipinski definition) is 2. The zero-order valence-electron chi connectivity index (χ0n) is 30.6. The molecule has 11 aromatic rings. The Hall–Kier alpha value is -7.42. The van der Waals surface area contributed by atoms with Gasteiger partial charge in [-0.25, -0.2) is 0 Å². The molecule has 0 saturated heterocycles. The minimum atomic E-state index is 0.864. The van der Waals surface area contributed by atoms with E-state index in [2.05, 4.69) is 211 Å². The molecular formula is C54H35NO. The molecular weight excluding hydrogens is 679 g/mol. The van der Waals surface area contributed by atoms with Crippen LogP contribution in [0.2, 0.25) is 0 Å². The summed E-state index contributed by atoms with van der Waals surface area (Å²) in [5.74, 6) is 0. The van der Waals surface area contributed by atoms with E-state index in [9.17, 15) is 0 Å². The van der Waals surface area contributed by atoms with Crippen molar-refractivity contribution >= 4 is 71.3 Å². The minimum absolute atomic E-state index is 0.864. The molecule has 262 valence electrons. The van der Waals surface area contributed by atoms with Crippen LogP contribution in [0.15, 0.2) is 217 Å². The Morgan fingerprint density at radius 2 is 0.839 bits per heavy atom. The van der Waals surface area contributed by atoms with E-state index in [0.717, 1.165) is 55.7 Å². The molecule has 0 bridgehead atoms. The van der Waals surface area contributed by atoms with Crippen molar-refractivity contribution in [3.05, 3.63) is 212 Å². The third-order valence-electron chi connectivity index (χ3n) is 11.2. The number of anilines is 3. The Bertz CT molecular complexity index is 3260. The third kappa shape index (κ3) is 5.34. The molecule has 0 amide bonds. The molecule has 56 heavy (non-hydrogen) atoms. The molecule has 0 spiro atoms. The summed E-state index contributed by atoms with van der Waals surface area (Å²) >= 11 is 0. The largest absolute Gasteiger partial charge is 0.456 e. The zero-order valence-corrected chi connectivity index (χ0v) is 30.6. The quantitative estimate of drug-likeness (QED) is 0.160. The highest BCUT2D eigenvalue weighted by Gasteiger charge is 2.22. The highest BCUT2D eigenvalue weighted by Crippen LogP contribution is 2.47. The summed E-state index contributed by atoms with van der Waals surface area (Å²) < 4.78 is 6.46. The molecule has 1 aromatic heterocycles. The van der Waals surface area contributed by atoms with Gasteiger partial charge in [-0.2, -0.15) is 0 Å². The fourth-order valence-corrected chi connectivity index (χ4v) is 8.58. The van der Waals surface area contributed by atoms with Crippen molar-refractivity contribution in [1.82, 2.24) is 0 Å². The van der Waals surface area contributed by atoms with Crippen LogP contribution in [0.4, 0.5) is 17.1 Å². The Labute approximate surface area is 325 Å². The third-order valence-corrected chi connectivity index (χ3v) is 11.2. The van der Waals surface area contributed by atoms with E-state index in [-0.39, 0.29) is 0 Å². The number of rotatable bonds is 6. The summed E-state index contributed by atoms with van der Waals surface area (Å²) in [6, 6.07) is 76.6. The van der Waals surface area contributed by atoms with Gasteiger partial charge in [0, 0.05) is 16.6 Å². The van der Waals surface area contributed by atoms with E-state index >= 15 is 0 Å². The summed E-state index contributed by atoms with van der Waals surface area (Å²) in [6.45, 7) is 0. The lowest BCUT2D eigenvalue weighted by Gasteiger charge is -2.29. The van der Waals surface area contributed by atoms with E-state index in [1.807, 2.05) is 6.07 Å². The smallest absolute Gasteiger partial charge is 0.137 e. The average Bonchev–Trinajstić information content (AvgIpc) is 3.66. The lowest BCUT2D eigenvalue weighted by molar-refractivity contribution is 0.669. The van der Waals surface area contributed by atoms with Gasteiger partial charge in [0.1, 0.15) is 11.2 Å². The van der Waals surface area contributed by atoms with Gasteiger partial charge >= 0.3 is 0 Å². The Morgan fingerprint density at radius 1 is 0.304 bits per heavy atom. The van der Waals surface area contributed by atoms with Crippen LogP contribution in [0.25, 0.3) is 87.6 Å². The van der Waals surface area contributed by atoms with E-state index in [1.165, 1.54) is 49.0 Å². The first-order valence-corrected chi connectivity index (χ1v) is 19.2. The lowest BCUT2D eigenvalue weighted by atomic mass is 9.95. The number of nitrogens with zero attached hydrogens (tertiary/aromatic N) is 1. The molecule has 0 N–H and O–H groups in total. The van der Waals surface area contributed by atoms with Crippen LogP contribution in [-0.2, 0) is 0 Å². The summed E-state index contributed by atoms with van der Waals surface area (Å²) in [6.07, 6.45) is 0. The van der Waals surface area contributed by atoms with E-state index in [1.54, 1.807) is 0 Å². The van der Waals surface area contributed by atoms with Crippen molar-refractivity contribution < 1.29 is 4.42 Å². The van der Waals surface area contributed by atoms with Gasteiger partial charge in [0.2, 0.25) is 0 Å². The number of para-hydroxylation sites is 2. The van der Waals surface area contributed by atoms with Gasteiger partial charge in [-0.3, -0.25) is 0 Å². The van der Waals surface area contributed by atoms with E-state index < -0.39 is 0 Å². The van der Waals surface area contributed by atoms with Crippen molar-refractivity contribution in [1.29, 1.82) is 0 Å². The van der Waals surface area contributed by atoms with Gasteiger partial charge in [-0.05, 0) is 103 Å². The maximum Gasteiger partial charge on any atom is 0.137 e. The SMILES string of the molecule is c1cc(-c2ccc3ccc4ccccc4c3c2)cc(N(c2ccccc2-c2ccc(-c3cccc4ccccc34)cc2)c2cccc3oc4ccccc4c23)c1. The topological polar surface area (TPSA) is 16.4 Å². The first-order valence-electron chi connectivity index (χ1n) is 19.2. The molecule has 2 heteroatoms. The van der Waals surface area contributed by atoms with E-state index in [4.69, 9.17) is 4.42 Å². The van der Waals surface area contributed by atoms with Gasteiger partial charge in [0.15, 0.2) is 0 Å². The Morgan fingerprint density at radius 3 is 1.70 bits per heavy atom. The molecule has 0 unspecified atom stereocenters. The lowest BCUT2D eigenvalue weighted by Crippen LogP contribution is -2.11. The fraction of sp³-hybridized carbons (Fsp3) is 0. The second-order valence-electron chi connectivity index (χ2n) is 14.5. The first kappa shape index (κ1) is 32.0. The highest BCUT2D eigenvalue weighted by molar-refractivity contribution is 6.14. The number of fused-ring (bicyclic) bond motifs is 7. The van der Waals surface area contributed by atoms with Crippen molar-refractivity contribution in [2.75, 3.05) is 4.90 Å². The van der Waals surface area contributed by atoms with Crippen LogP contribution >= 0.6 is 0 Å². The van der Waals surface area contributed by atoms with Crippen LogP contribution in [0.3, 0.4) is 0 Å². The molecule has 0 aliphatic carbocycles. The summed E-state index contributed by atoms with van der Waals surface area (Å²) in [7, 11) is 0. The molecule has 10 aromatic carbocycles. The predicted octanol–water partition coefficient (Wildman–Crippen LogP) is 15.5. The molecule has 1 heterocycles. The first-order chi connectivity index (χ1) is 27.8. The van der Waals surface area contributed by atoms with Crippen LogP contribution in [0.1, 0.15) is 0 Å². The van der Waals surface area contributed by atoms with E-state index in [0.29, 0.717) is 0 Å². The van der Waals surface area contributed by atoms with Crippen molar-refractivity contribution in [3.8, 4) is 33.4 Å². The molecule has 11 rings (SSSR count). The molecule has 0 saturated carbocycles. The van der Waals surface area contributed by atoms with Gasteiger partial charge in [0.05, 0.1) is 16.8 Å². The zero-order chi connectivity index (χ0) is 37.0. The normalized spacial score (nSPS) is 11.6. The van der Waals surface area contributed by atoms with Gasteiger partial charge < -0.3 is 9.32 Å². The van der Waals surface area contributed by atoms with Crippen molar-refractivity contribution in [2.24, 2.45) is 0 Å². The van der Waals surface area contributed by atoms with Crippen LogP contribution in [0, 0.1) is 0 Å². The Kier molecular flexibility index (Phi) is 7.53. The number of furan rings is 1.